The Balaban J connectivity index is 1.61. The van der Waals surface area contributed by atoms with E-state index in [1.165, 1.54) is 5.56 Å². The number of rotatable bonds is 10. The Morgan fingerprint density at radius 2 is 1.52 bits per heavy atom. The Morgan fingerprint density at radius 1 is 0.806 bits per heavy atom. The standard InChI is InChI=1S/C25H26Cl3NO2/c1-3-30-24-12-20(15-29-11-10-19-8-9-21(26)13-22(19)27)23(28)14-25(24)31-16-18-6-4-17(2)5-7-18/h4-9,12-14,29H,3,10-11,15-16H2,1-2H3. The zero-order valence-electron chi connectivity index (χ0n) is 17.7. The second-order valence-electron chi connectivity index (χ2n) is 7.26. The van der Waals surface area contributed by atoms with Gasteiger partial charge >= 0.3 is 0 Å². The summed E-state index contributed by atoms with van der Waals surface area (Å²) in [4.78, 5) is 0. The Kier molecular flexibility index (Phi) is 8.91. The maximum atomic E-state index is 6.53. The molecule has 0 saturated carbocycles. The molecule has 0 radical (unpaired) electrons. The molecule has 0 amide bonds. The molecule has 0 heterocycles. The highest BCUT2D eigenvalue weighted by Crippen LogP contribution is 2.34. The number of nitrogens with one attached hydrogen (secondary N) is 1. The van der Waals surface area contributed by atoms with Crippen LogP contribution in [0, 0.1) is 6.92 Å². The summed E-state index contributed by atoms with van der Waals surface area (Å²) < 4.78 is 11.8. The van der Waals surface area contributed by atoms with Gasteiger partial charge in [0.2, 0.25) is 0 Å². The highest BCUT2D eigenvalue weighted by molar-refractivity contribution is 6.35. The van der Waals surface area contributed by atoms with Gasteiger partial charge < -0.3 is 14.8 Å². The molecule has 0 aliphatic heterocycles. The largest absolute Gasteiger partial charge is 0.490 e. The van der Waals surface area contributed by atoms with E-state index in [4.69, 9.17) is 44.3 Å². The SMILES string of the molecule is CCOc1cc(CNCCc2ccc(Cl)cc2Cl)c(Cl)cc1OCc1ccc(C)cc1. The number of aryl methyl sites for hydroxylation is 1. The maximum Gasteiger partial charge on any atom is 0.163 e. The molecule has 1 N–H and O–H groups in total. The molecule has 0 bridgehead atoms. The topological polar surface area (TPSA) is 30.5 Å². The Morgan fingerprint density at radius 3 is 2.23 bits per heavy atom. The molecule has 6 heteroatoms. The van der Waals surface area contributed by atoms with Gasteiger partial charge in [-0.1, -0.05) is 70.7 Å². The van der Waals surface area contributed by atoms with Gasteiger partial charge in [0, 0.05) is 27.7 Å². The zero-order valence-corrected chi connectivity index (χ0v) is 19.9. The van der Waals surface area contributed by atoms with E-state index in [2.05, 4.69) is 36.5 Å². The minimum Gasteiger partial charge on any atom is -0.490 e. The molecule has 164 valence electrons. The van der Waals surface area contributed by atoms with E-state index in [0.29, 0.717) is 46.3 Å². The summed E-state index contributed by atoms with van der Waals surface area (Å²) in [6.07, 6.45) is 0.795. The van der Waals surface area contributed by atoms with E-state index in [1.807, 2.05) is 31.2 Å². The lowest BCUT2D eigenvalue weighted by atomic mass is 10.1. The van der Waals surface area contributed by atoms with Crippen molar-refractivity contribution in [1.29, 1.82) is 0 Å². The van der Waals surface area contributed by atoms with Crippen LogP contribution in [-0.4, -0.2) is 13.2 Å². The van der Waals surface area contributed by atoms with Gasteiger partial charge in [-0.15, -0.1) is 0 Å². The van der Waals surface area contributed by atoms with Crippen molar-refractivity contribution in [2.45, 2.75) is 33.4 Å². The number of ether oxygens (including phenoxy) is 2. The van der Waals surface area contributed by atoms with Gasteiger partial charge in [0.25, 0.3) is 0 Å². The lowest BCUT2D eigenvalue weighted by Crippen LogP contribution is -2.17. The second kappa shape index (κ2) is 11.6. The summed E-state index contributed by atoms with van der Waals surface area (Å²) >= 11 is 18.7. The Bertz CT molecular complexity index is 1010. The molecule has 0 saturated heterocycles. The third-order valence-corrected chi connectivity index (χ3v) is 5.77. The van der Waals surface area contributed by atoms with E-state index < -0.39 is 0 Å². The van der Waals surface area contributed by atoms with Crippen LogP contribution in [0.1, 0.15) is 29.2 Å². The van der Waals surface area contributed by atoms with Gasteiger partial charge in [0.1, 0.15) is 6.61 Å². The van der Waals surface area contributed by atoms with Crippen molar-refractivity contribution in [2.24, 2.45) is 0 Å². The monoisotopic (exact) mass is 477 g/mol. The first-order valence-electron chi connectivity index (χ1n) is 10.2. The van der Waals surface area contributed by atoms with Crippen LogP contribution in [-0.2, 0) is 19.6 Å². The van der Waals surface area contributed by atoms with E-state index in [-0.39, 0.29) is 0 Å². The molecule has 3 nitrogen and oxygen atoms in total. The fourth-order valence-electron chi connectivity index (χ4n) is 3.11. The van der Waals surface area contributed by atoms with Crippen LogP contribution in [0.4, 0.5) is 0 Å². The molecule has 3 aromatic rings. The summed E-state index contributed by atoms with van der Waals surface area (Å²) in [6, 6.07) is 17.6. The first-order chi connectivity index (χ1) is 15.0. The van der Waals surface area contributed by atoms with E-state index in [0.717, 1.165) is 29.7 Å². The van der Waals surface area contributed by atoms with Crippen molar-refractivity contribution in [3.8, 4) is 11.5 Å². The van der Waals surface area contributed by atoms with Crippen LogP contribution < -0.4 is 14.8 Å². The molecule has 0 atom stereocenters. The van der Waals surface area contributed by atoms with Crippen LogP contribution in [0.3, 0.4) is 0 Å². The minimum atomic E-state index is 0.454. The van der Waals surface area contributed by atoms with Crippen molar-refractivity contribution in [3.05, 3.63) is 91.9 Å². The first-order valence-corrected chi connectivity index (χ1v) is 11.4. The lowest BCUT2D eigenvalue weighted by Gasteiger charge is -2.15. The molecular weight excluding hydrogens is 453 g/mol. The molecule has 0 spiro atoms. The van der Waals surface area contributed by atoms with Crippen molar-refractivity contribution in [3.63, 3.8) is 0 Å². The molecule has 0 aliphatic carbocycles. The van der Waals surface area contributed by atoms with E-state index in [1.54, 1.807) is 6.07 Å². The molecule has 0 unspecified atom stereocenters. The van der Waals surface area contributed by atoms with E-state index >= 15 is 0 Å². The highest BCUT2D eigenvalue weighted by Gasteiger charge is 2.12. The summed E-state index contributed by atoms with van der Waals surface area (Å²) in [5.41, 5.74) is 4.32. The van der Waals surface area contributed by atoms with Crippen molar-refractivity contribution < 1.29 is 9.47 Å². The molecule has 0 aromatic heterocycles. The summed E-state index contributed by atoms with van der Waals surface area (Å²) in [5, 5.41) is 5.37. The predicted molar refractivity (Wildman–Crippen MR) is 130 cm³/mol. The highest BCUT2D eigenvalue weighted by atomic mass is 35.5. The Labute approximate surface area is 199 Å². The van der Waals surface area contributed by atoms with Crippen LogP contribution in [0.5, 0.6) is 11.5 Å². The van der Waals surface area contributed by atoms with Crippen LogP contribution in [0.15, 0.2) is 54.6 Å². The summed E-state index contributed by atoms with van der Waals surface area (Å²) in [7, 11) is 0. The van der Waals surface area contributed by atoms with Crippen molar-refractivity contribution >= 4 is 34.8 Å². The molecule has 3 aromatic carbocycles. The fourth-order valence-corrected chi connectivity index (χ4v) is 3.83. The third-order valence-electron chi connectivity index (χ3n) is 4.83. The van der Waals surface area contributed by atoms with Gasteiger partial charge in [-0.3, -0.25) is 0 Å². The van der Waals surface area contributed by atoms with E-state index in [9.17, 15) is 0 Å². The summed E-state index contributed by atoms with van der Waals surface area (Å²) in [5.74, 6) is 1.33. The van der Waals surface area contributed by atoms with Crippen LogP contribution in [0.25, 0.3) is 0 Å². The molecule has 31 heavy (non-hydrogen) atoms. The van der Waals surface area contributed by atoms with Crippen molar-refractivity contribution in [1.82, 2.24) is 5.32 Å². The van der Waals surface area contributed by atoms with Gasteiger partial charge in [-0.2, -0.15) is 0 Å². The lowest BCUT2D eigenvalue weighted by molar-refractivity contribution is 0.269. The summed E-state index contributed by atoms with van der Waals surface area (Å²) in [6.45, 7) is 6.39. The van der Waals surface area contributed by atoms with Gasteiger partial charge in [-0.25, -0.2) is 0 Å². The quantitative estimate of drug-likeness (QED) is 0.311. The molecule has 0 aliphatic rings. The van der Waals surface area contributed by atoms with Gasteiger partial charge in [-0.05, 0) is 61.7 Å². The van der Waals surface area contributed by atoms with Crippen molar-refractivity contribution in [2.75, 3.05) is 13.2 Å². The smallest absolute Gasteiger partial charge is 0.163 e. The maximum absolute atomic E-state index is 6.53. The number of benzene rings is 3. The predicted octanol–water partition coefficient (Wildman–Crippen LogP) is 7.27. The Hall–Kier alpha value is -1.91. The molecule has 3 rings (SSSR count). The normalized spacial score (nSPS) is 10.9. The second-order valence-corrected chi connectivity index (χ2v) is 8.51. The van der Waals surface area contributed by atoms with Crippen LogP contribution in [0.2, 0.25) is 15.1 Å². The average molecular weight is 479 g/mol. The van der Waals surface area contributed by atoms with Gasteiger partial charge in [0.05, 0.1) is 6.61 Å². The zero-order chi connectivity index (χ0) is 22.2. The van der Waals surface area contributed by atoms with Gasteiger partial charge in [0.15, 0.2) is 11.5 Å². The number of hydrogen-bond donors (Lipinski definition) is 1. The minimum absolute atomic E-state index is 0.454. The first kappa shape index (κ1) is 23.7. The number of hydrogen-bond acceptors (Lipinski definition) is 3. The molecular formula is C25H26Cl3NO2. The average Bonchev–Trinajstić information content (AvgIpc) is 2.74. The number of halogens is 3. The molecule has 0 fully saturated rings. The van der Waals surface area contributed by atoms with Crippen LogP contribution >= 0.6 is 34.8 Å². The fraction of sp³-hybridized carbons (Fsp3) is 0.280. The third kappa shape index (κ3) is 7.05.